The number of hydrogen-bond acceptors (Lipinski definition) is 2. The maximum absolute atomic E-state index is 12.1. The lowest BCUT2D eigenvalue weighted by Gasteiger charge is -2.05. The van der Waals surface area contributed by atoms with E-state index < -0.39 is 0 Å². The van der Waals surface area contributed by atoms with Crippen molar-refractivity contribution in [3.05, 3.63) is 65.9 Å². The predicted octanol–water partition coefficient (Wildman–Crippen LogP) is 3.23. The van der Waals surface area contributed by atoms with E-state index in [0.29, 0.717) is 11.1 Å². The first-order valence-electron chi connectivity index (χ1n) is 6.20. The average molecular weight is 264 g/mol. The van der Waals surface area contributed by atoms with E-state index in [0.717, 1.165) is 22.9 Å². The van der Waals surface area contributed by atoms with Crippen molar-refractivity contribution in [3.63, 3.8) is 0 Å². The average Bonchev–Trinajstić information content (AvgIpc) is 2.95. The van der Waals surface area contributed by atoms with Gasteiger partial charge in [-0.15, -0.1) is 0 Å². The zero-order valence-corrected chi connectivity index (χ0v) is 10.6. The van der Waals surface area contributed by atoms with Crippen molar-refractivity contribution in [3.8, 4) is 0 Å². The molecule has 2 aromatic carbocycles. The molecule has 4 heteroatoms. The number of aromatic amines is 1. The Labute approximate surface area is 115 Å². The Bertz CT molecular complexity index is 773. The van der Waals surface area contributed by atoms with Crippen LogP contribution in [0.25, 0.3) is 10.9 Å². The minimum Gasteiger partial charge on any atom is -0.361 e. The summed E-state index contributed by atoms with van der Waals surface area (Å²) < 4.78 is 0. The first-order chi connectivity index (χ1) is 9.76. The SMILES string of the molecule is O=Cc1ccc(C(=O)Nc2ccc3[nH]ccc3c2)cc1. The van der Waals surface area contributed by atoms with Crippen LogP contribution in [0.2, 0.25) is 0 Å². The molecule has 20 heavy (non-hydrogen) atoms. The molecule has 1 heterocycles. The number of hydrogen-bond donors (Lipinski definition) is 2. The number of anilines is 1. The Morgan fingerprint density at radius 2 is 1.85 bits per heavy atom. The summed E-state index contributed by atoms with van der Waals surface area (Å²) in [6.45, 7) is 0. The van der Waals surface area contributed by atoms with Crippen molar-refractivity contribution in [2.24, 2.45) is 0 Å². The van der Waals surface area contributed by atoms with Crippen LogP contribution in [0, 0.1) is 0 Å². The number of nitrogens with one attached hydrogen (secondary N) is 2. The molecule has 1 aromatic heterocycles. The van der Waals surface area contributed by atoms with Crippen LogP contribution in [0.3, 0.4) is 0 Å². The van der Waals surface area contributed by atoms with Gasteiger partial charge in [0.2, 0.25) is 0 Å². The van der Waals surface area contributed by atoms with E-state index in [1.807, 2.05) is 30.5 Å². The molecular weight excluding hydrogens is 252 g/mol. The van der Waals surface area contributed by atoms with E-state index in [4.69, 9.17) is 0 Å². The lowest BCUT2D eigenvalue weighted by Crippen LogP contribution is -2.11. The molecule has 0 spiro atoms. The van der Waals surface area contributed by atoms with Crippen molar-refractivity contribution in [1.29, 1.82) is 0 Å². The monoisotopic (exact) mass is 264 g/mol. The molecule has 0 unspecified atom stereocenters. The van der Waals surface area contributed by atoms with Gasteiger partial charge in [-0.3, -0.25) is 9.59 Å². The molecule has 0 radical (unpaired) electrons. The highest BCUT2D eigenvalue weighted by Gasteiger charge is 2.06. The molecule has 98 valence electrons. The quantitative estimate of drug-likeness (QED) is 0.713. The van der Waals surface area contributed by atoms with Gasteiger partial charge in [-0.2, -0.15) is 0 Å². The van der Waals surface area contributed by atoms with Gasteiger partial charge in [-0.1, -0.05) is 12.1 Å². The first kappa shape index (κ1) is 12.2. The Balaban J connectivity index is 1.81. The topological polar surface area (TPSA) is 62.0 Å². The van der Waals surface area contributed by atoms with Crippen LogP contribution in [0.15, 0.2) is 54.7 Å². The zero-order chi connectivity index (χ0) is 13.9. The normalized spacial score (nSPS) is 10.4. The molecular formula is C16H12N2O2. The summed E-state index contributed by atoms with van der Waals surface area (Å²) in [6, 6.07) is 14.1. The summed E-state index contributed by atoms with van der Waals surface area (Å²) in [5, 5.41) is 3.88. The number of carbonyl (C=O) groups is 2. The number of amides is 1. The van der Waals surface area contributed by atoms with Gasteiger partial charge >= 0.3 is 0 Å². The van der Waals surface area contributed by atoms with E-state index in [1.54, 1.807) is 24.3 Å². The highest BCUT2D eigenvalue weighted by atomic mass is 16.1. The molecule has 0 saturated carbocycles. The minimum absolute atomic E-state index is 0.197. The summed E-state index contributed by atoms with van der Waals surface area (Å²) in [7, 11) is 0. The standard InChI is InChI=1S/C16H12N2O2/c19-10-11-1-3-12(4-2-11)16(20)18-14-5-6-15-13(9-14)7-8-17-15/h1-10,17H,(H,18,20). The molecule has 0 aliphatic rings. The molecule has 0 atom stereocenters. The molecule has 1 amide bonds. The van der Waals surface area contributed by atoms with E-state index in [1.165, 1.54) is 0 Å². The van der Waals surface area contributed by atoms with Gasteiger partial charge in [0.25, 0.3) is 5.91 Å². The van der Waals surface area contributed by atoms with E-state index in [9.17, 15) is 9.59 Å². The van der Waals surface area contributed by atoms with Crippen molar-refractivity contribution in [2.75, 3.05) is 5.32 Å². The number of H-pyrrole nitrogens is 1. The van der Waals surface area contributed by atoms with Crippen molar-refractivity contribution < 1.29 is 9.59 Å². The lowest BCUT2D eigenvalue weighted by atomic mass is 10.1. The second-order valence-corrected chi connectivity index (χ2v) is 4.47. The third kappa shape index (κ3) is 2.31. The second-order valence-electron chi connectivity index (χ2n) is 4.47. The maximum atomic E-state index is 12.1. The lowest BCUT2D eigenvalue weighted by molar-refractivity contribution is 0.102. The molecule has 0 aliphatic carbocycles. The fourth-order valence-corrected chi connectivity index (χ4v) is 2.05. The molecule has 0 bridgehead atoms. The molecule has 4 nitrogen and oxygen atoms in total. The molecule has 3 aromatic rings. The highest BCUT2D eigenvalue weighted by molar-refractivity contribution is 6.05. The summed E-state index contributed by atoms with van der Waals surface area (Å²) >= 11 is 0. The second kappa shape index (κ2) is 5.01. The maximum Gasteiger partial charge on any atom is 0.255 e. The summed E-state index contributed by atoms with van der Waals surface area (Å²) in [4.78, 5) is 25.8. The largest absolute Gasteiger partial charge is 0.361 e. The van der Waals surface area contributed by atoms with E-state index in [-0.39, 0.29) is 5.91 Å². The van der Waals surface area contributed by atoms with Crippen LogP contribution >= 0.6 is 0 Å². The first-order valence-corrected chi connectivity index (χ1v) is 6.20. The van der Waals surface area contributed by atoms with Gasteiger partial charge in [0.05, 0.1) is 0 Å². The van der Waals surface area contributed by atoms with E-state index >= 15 is 0 Å². The molecule has 0 aliphatic heterocycles. The predicted molar refractivity (Wildman–Crippen MR) is 78.1 cm³/mol. The van der Waals surface area contributed by atoms with Gasteiger partial charge in [-0.05, 0) is 36.4 Å². The third-order valence-electron chi connectivity index (χ3n) is 3.12. The Kier molecular flexibility index (Phi) is 3.05. The van der Waals surface area contributed by atoms with Gasteiger partial charge in [0.15, 0.2) is 0 Å². The fourth-order valence-electron chi connectivity index (χ4n) is 2.05. The van der Waals surface area contributed by atoms with Gasteiger partial charge < -0.3 is 10.3 Å². The number of fused-ring (bicyclic) bond motifs is 1. The number of aldehydes is 1. The van der Waals surface area contributed by atoms with Crippen molar-refractivity contribution >= 4 is 28.8 Å². The molecule has 0 saturated heterocycles. The Morgan fingerprint density at radius 3 is 2.60 bits per heavy atom. The van der Waals surface area contributed by atoms with Gasteiger partial charge in [-0.25, -0.2) is 0 Å². The fraction of sp³-hybridized carbons (Fsp3) is 0. The van der Waals surface area contributed by atoms with Crippen LogP contribution in [0.1, 0.15) is 20.7 Å². The molecule has 0 fully saturated rings. The number of carbonyl (C=O) groups excluding carboxylic acids is 2. The number of rotatable bonds is 3. The van der Waals surface area contributed by atoms with Crippen LogP contribution in [-0.2, 0) is 0 Å². The van der Waals surface area contributed by atoms with Crippen LogP contribution in [0.4, 0.5) is 5.69 Å². The summed E-state index contributed by atoms with van der Waals surface area (Å²) in [5.74, 6) is -0.197. The Hall–Kier alpha value is -2.88. The van der Waals surface area contributed by atoms with Gasteiger partial charge in [0, 0.05) is 33.9 Å². The number of benzene rings is 2. The Morgan fingerprint density at radius 1 is 1.05 bits per heavy atom. The highest BCUT2D eigenvalue weighted by Crippen LogP contribution is 2.18. The summed E-state index contributed by atoms with van der Waals surface area (Å²) in [6.07, 6.45) is 2.61. The van der Waals surface area contributed by atoms with Crippen molar-refractivity contribution in [2.45, 2.75) is 0 Å². The van der Waals surface area contributed by atoms with Crippen LogP contribution in [0.5, 0.6) is 0 Å². The zero-order valence-electron chi connectivity index (χ0n) is 10.6. The molecule has 2 N–H and O–H groups in total. The number of aromatic nitrogens is 1. The summed E-state index contributed by atoms with van der Waals surface area (Å²) in [5.41, 5.74) is 2.83. The van der Waals surface area contributed by atoms with Crippen LogP contribution in [-0.4, -0.2) is 17.2 Å². The smallest absolute Gasteiger partial charge is 0.255 e. The van der Waals surface area contributed by atoms with Crippen molar-refractivity contribution in [1.82, 2.24) is 4.98 Å². The molecule has 3 rings (SSSR count). The van der Waals surface area contributed by atoms with Crippen LogP contribution < -0.4 is 5.32 Å². The minimum atomic E-state index is -0.197. The third-order valence-corrected chi connectivity index (χ3v) is 3.12. The van der Waals surface area contributed by atoms with Gasteiger partial charge in [0.1, 0.15) is 6.29 Å². The van der Waals surface area contributed by atoms with E-state index in [2.05, 4.69) is 10.3 Å².